The first-order valence-electron chi connectivity index (χ1n) is 8.00. The van der Waals surface area contributed by atoms with E-state index >= 15 is 0 Å². The van der Waals surface area contributed by atoms with Gasteiger partial charge in [0.15, 0.2) is 5.79 Å². The van der Waals surface area contributed by atoms with E-state index in [1.807, 2.05) is 0 Å². The van der Waals surface area contributed by atoms with Crippen molar-refractivity contribution < 1.29 is 9.47 Å². The van der Waals surface area contributed by atoms with Crippen LogP contribution in [0.15, 0.2) is 0 Å². The molecular formula is C15H28N2O2. The summed E-state index contributed by atoms with van der Waals surface area (Å²) in [4.78, 5) is 2.61. The molecule has 1 aliphatic carbocycles. The van der Waals surface area contributed by atoms with Gasteiger partial charge in [0.2, 0.25) is 0 Å². The Kier molecular flexibility index (Phi) is 4.13. The van der Waals surface area contributed by atoms with Crippen LogP contribution >= 0.6 is 0 Å². The maximum absolute atomic E-state index is 6.38. The highest BCUT2D eigenvalue weighted by Crippen LogP contribution is 2.38. The summed E-state index contributed by atoms with van der Waals surface area (Å²) in [6.45, 7) is 6.21. The predicted molar refractivity (Wildman–Crippen MR) is 74.8 cm³/mol. The molecule has 3 unspecified atom stereocenters. The van der Waals surface area contributed by atoms with E-state index < -0.39 is 0 Å². The van der Waals surface area contributed by atoms with Crippen molar-refractivity contribution in [2.45, 2.75) is 63.3 Å². The summed E-state index contributed by atoms with van der Waals surface area (Å²) in [5.41, 5.74) is 6.38. The van der Waals surface area contributed by atoms with E-state index in [0.717, 1.165) is 38.4 Å². The Hall–Kier alpha value is -0.160. The number of nitrogens with two attached hydrogens (primary N) is 1. The summed E-state index contributed by atoms with van der Waals surface area (Å²) in [5.74, 6) is 0.573. The first-order valence-corrected chi connectivity index (χ1v) is 8.00. The van der Waals surface area contributed by atoms with Crippen LogP contribution in [0, 0.1) is 5.92 Å². The summed E-state index contributed by atoms with van der Waals surface area (Å²) in [7, 11) is 0. The highest BCUT2D eigenvalue weighted by molar-refractivity contribution is 4.97. The highest BCUT2D eigenvalue weighted by atomic mass is 16.7. The fraction of sp³-hybridized carbons (Fsp3) is 1.00. The van der Waals surface area contributed by atoms with Crippen molar-refractivity contribution in [3.05, 3.63) is 0 Å². The first-order chi connectivity index (χ1) is 9.22. The zero-order valence-electron chi connectivity index (χ0n) is 12.1. The summed E-state index contributed by atoms with van der Waals surface area (Å²) in [6, 6.07) is 0.743. The van der Waals surface area contributed by atoms with Gasteiger partial charge in [-0.1, -0.05) is 13.3 Å². The molecule has 0 bridgehead atoms. The molecule has 1 saturated carbocycles. The van der Waals surface area contributed by atoms with Crippen molar-refractivity contribution in [3.63, 3.8) is 0 Å². The van der Waals surface area contributed by atoms with Gasteiger partial charge in [0.05, 0.1) is 13.2 Å². The SMILES string of the molecule is CCCC1CCN(C2CC3(CCC2N)OCCO3)C1. The molecule has 0 radical (unpaired) electrons. The molecule has 2 saturated heterocycles. The summed E-state index contributed by atoms with van der Waals surface area (Å²) in [6.07, 6.45) is 6.96. The molecule has 3 fully saturated rings. The van der Waals surface area contributed by atoms with Crippen LogP contribution in [0.1, 0.15) is 45.4 Å². The van der Waals surface area contributed by atoms with Crippen LogP contribution in [0.4, 0.5) is 0 Å². The molecule has 4 nitrogen and oxygen atoms in total. The highest BCUT2D eigenvalue weighted by Gasteiger charge is 2.46. The quantitative estimate of drug-likeness (QED) is 0.847. The minimum atomic E-state index is -0.302. The molecule has 0 aromatic rings. The Morgan fingerprint density at radius 2 is 2.05 bits per heavy atom. The molecule has 0 aromatic heterocycles. The second-order valence-corrected chi connectivity index (χ2v) is 6.52. The first kappa shape index (κ1) is 13.8. The van der Waals surface area contributed by atoms with Gasteiger partial charge in [0.25, 0.3) is 0 Å². The molecule has 3 aliphatic rings. The fourth-order valence-corrected chi connectivity index (χ4v) is 4.12. The van der Waals surface area contributed by atoms with Gasteiger partial charge in [-0.05, 0) is 31.7 Å². The van der Waals surface area contributed by atoms with Crippen molar-refractivity contribution in [3.8, 4) is 0 Å². The smallest absolute Gasteiger partial charge is 0.170 e. The normalized spacial score (nSPS) is 39.2. The number of hydrogen-bond donors (Lipinski definition) is 1. The maximum Gasteiger partial charge on any atom is 0.170 e. The second-order valence-electron chi connectivity index (χ2n) is 6.52. The molecule has 2 heterocycles. The molecule has 3 rings (SSSR count). The molecule has 1 spiro atoms. The number of ether oxygens (including phenoxy) is 2. The number of hydrogen-bond acceptors (Lipinski definition) is 4. The van der Waals surface area contributed by atoms with E-state index in [0.29, 0.717) is 12.1 Å². The van der Waals surface area contributed by atoms with Gasteiger partial charge in [-0.25, -0.2) is 0 Å². The molecule has 110 valence electrons. The molecule has 0 aromatic carbocycles. The van der Waals surface area contributed by atoms with Gasteiger partial charge in [0, 0.05) is 31.5 Å². The zero-order chi connectivity index (χ0) is 13.3. The van der Waals surface area contributed by atoms with E-state index in [4.69, 9.17) is 15.2 Å². The summed E-state index contributed by atoms with van der Waals surface area (Å²) >= 11 is 0. The van der Waals surface area contributed by atoms with E-state index in [-0.39, 0.29) is 5.79 Å². The van der Waals surface area contributed by atoms with Gasteiger partial charge in [-0.2, -0.15) is 0 Å². The molecular weight excluding hydrogens is 240 g/mol. The molecule has 3 atom stereocenters. The minimum absolute atomic E-state index is 0.291. The molecule has 19 heavy (non-hydrogen) atoms. The Morgan fingerprint density at radius 3 is 2.79 bits per heavy atom. The Bertz CT molecular complexity index is 305. The third-order valence-electron chi connectivity index (χ3n) is 5.17. The lowest BCUT2D eigenvalue weighted by Crippen LogP contribution is -2.55. The largest absolute Gasteiger partial charge is 0.347 e. The second kappa shape index (κ2) is 5.68. The van der Waals surface area contributed by atoms with Gasteiger partial charge < -0.3 is 15.2 Å². The van der Waals surface area contributed by atoms with Crippen molar-refractivity contribution in [1.82, 2.24) is 4.90 Å². The van der Waals surface area contributed by atoms with E-state index in [9.17, 15) is 0 Å². The van der Waals surface area contributed by atoms with Gasteiger partial charge in [-0.15, -0.1) is 0 Å². The van der Waals surface area contributed by atoms with Crippen molar-refractivity contribution >= 4 is 0 Å². The molecule has 2 aliphatic heterocycles. The van der Waals surface area contributed by atoms with E-state index in [1.165, 1.54) is 32.4 Å². The summed E-state index contributed by atoms with van der Waals surface area (Å²) < 4.78 is 11.8. The topological polar surface area (TPSA) is 47.7 Å². The molecule has 2 N–H and O–H groups in total. The summed E-state index contributed by atoms with van der Waals surface area (Å²) in [5, 5.41) is 0. The van der Waals surface area contributed by atoms with Gasteiger partial charge >= 0.3 is 0 Å². The fourth-order valence-electron chi connectivity index (χ4n) is 4.12. The lowest BCUT2D eigenvalue weighted by molar-refractivity contribution is -0.191. The lowest BCUT2D eigenvalue weighted by Gasteiger charge is -2.43. The van der Waals surface area contributed by atoms with E-state index in [1.54, 1.807) is 0 Å². The monoisotopic (exact) mass is 268 g/mol. The Morgan fingerprint density at radius 1 is 1.26 bits per heavy atom. The van der Waals surface area contributed by atoms with E-state index in [2.05, 4.69) is 11.8 Å². The third kappa shape index (κ3) is 2.82. The van der Waals surface area contributed by atoms with Crippen LogP contribution < -0.4 is 5.73 Å². The van der Waals surface area contributed by atoms with Crippen molar-refractivity contribution in [1.29, 1.82) is 0 Å². The number of likely N-dealkylation sites (tertiary alicyclic amines) is 1. The third-order valence-corrected chi connectivity index (χ3v) is 5.17. The van der Waals surface area contributed by atoms with Crippen molar-refractivity contribution in [2.75, 3.05) is 26.3 Å². The average Bonchev–Trinajstić information content (AvgIpc) is 3.03. The van der Waals surface area contributed by atoms with Gasteiger partial charge in [0.1, 0.15) is 0 Å². The predicted octanol–water partition coefficient (Wildman–Crippen LogP) is 1.73. The molecule has 4 heteroatoms. The number of nitrogens with zero attached hydrogens (tertiary/aromatic N) is 1. The van der Waals surface area contributed by atoms with Crippen LogP contribution in [0.3, 0.4) is 0 Å². The Balaban J connectivity index is 1.62. The van der Waals surface area contributed by atoms with Crippen LogP contribution in [-0.2, 0) is 9.47 Å². The van der Waals surface area contributed by atoms with Crippen molar-refractivity contribution in [2.24, 2.45) is 11.7 Å². The number of rotatable bonds is 3. The van der Waals surface area contributed by atoms with Crippen LogP contribution in [0.5, 0.6) is 0 Å². The lowest BCUT2D eigenvalue weighted by atomic mass is 9.85. The zero-order valence-corrected chi connectivity index (χ0v) is 12.1. The molecule has 0 amide bonds. The van der Waals surface area contributed by atoms with Crippen LogP contribution in [0.2, 0.25) is 0 Å². The minimum Gasteiger partial charge on any atom is -0.347 e. The van der Waals surface area contributed by atoms with Crippen LogP contribution in [-0.4, -0.2) is 49.1 Å². The Labute approximate surface area is 116 Å². The van der Waals surface area contributed by atoms with Crippen LogP contribution in [0.25, 0.3) is 0 Å². The van der Waals surface area contributed by atoms with Gasteiger partial charge in [-0.3, -0.25) is 4.90 Å². The maximum atomic E-state index is 6.38. The average molecular weight is 268 g/mol. The standard InChI is InChI=1S/C15H28N2O2/c1-2-3-12-5-7-17(11-12)14-10-15(6-4-13(14)16)18-8-9-19-15/h12-14H,2-11,16H2,1H3.